The van der Waals surface area contributed by atoms with Crippen LogP contribution in [0.3, 0.4) is 0 Å². The van der Waals surface area contributed by atoms with E-state index in [0.717, 1.165) is 0 Å². The Kier molecular flexibility index (Phi) is 6.06. The van der Waals surface area contributed by atoms with E-state index in [1.54, 1.807) is 43.3 Å². The van der Waals surface area contributed by atoms with Crippen LogP contribution in [0.2, 0.25) is 10.0 Å². The van der Waals surface area contributed by atoms with Crippen LogP contribution in [0.4, 0.5) is 17.1 Å². The Morgan fingerprint density at radius 2 is 1.71 bits per heavy atom. The fourth-order valence-corrected chi connectivity index (χ4v) is 2.49. The van der Waals surface area contributed by atoms with Crippen LogP contribution in [-0.4, -0.2) is 17.9 Å². The van der Waals surface area contributed by atoms with Gasteiger partial charge in [0.1, 0.15) is 6.04 Å². The lowest BCUT2D eigenvalue weighted by Crippen LogP contribution is -2.32. The third-order valence-electron chi connectivity index (χ3n) is 3.15. The van der Waals surface area contributed by atoms with Crippen molar-refractivity contribution in [2.45, 2.75) is 19.9 Å². The maximum Gasteiger partial charge on any atom is 0.246 e. The highest BCUT2D eigenvalue weighted by Gasteiger charge is 2.14. The number of hydrogen-bond donors (Lipinski definition) is 3. The summed E-state index contributed by atoms with van der Waals surface area (Å²) in [5, 5.41) is 9.38. The van der Waals surface area contributed by atoms with Gasteiger partial charge in [0, 0.05) is 23.3 Å². The normalized spacial score (nSPS) is 11.5. The molecule has 0 bridgehead atoms. The maximum atomic E-state index is 12.3. The molecule has 1 atom stereocenters. The van der Waals surface area contributed by atoms with E-state index in [0.29, 0.717) is 27.1 Å². The highest BCUT2D eigenvalue weighted by Crippen LogP contribution is 2.25. The molecule has 0 radical (unpaired) electrons. The minimum atomic E-state index is -0.510. The second kappa shape index (κ2) is 8.04. The van der Waals surface area contributed by atoms with Crippen LogP contribution in [0, 0.1) is 0 Å². The largest absolute Gasteiger partial charge is 0.374 e. The number of hydrogen-bond acceptors (Lipinski definition) is 3. The summed E-state index contributed by atoms with van der Waals surface area (Å²) in [6.07, 6.45) is 0. The van der Waals surface area contributed by atoms with E-state index >= 15 is 0 Å². The van der Waals surface area contributed by atoms with E-state index < -0.39 is 6.04 Å². The molecule has 5 nitrogen and oxygen atoms in total. The second-order valence-electron chi connectivity index (χ2n) is 5.24. The molecule has 2 aromatic carbocycles. The van der Waals surface area contributed by atoms with Gasteiger partial charge in [0.15, 0.2) is 0 Å². The minimum Gasteiger partial charge on any atom is -0.374 e. The van der Waals surface area contributed by atoms with Crippen molar-refractivity contribution in [3.63, 3.8) is 0 Å². The number of anilines is 3. The van der Waals surface area contributed by atoms with Crippen molar-refractivity contribution in [3.8, 4) is 0 Å². The fourth-order valence-electron chi connectivity index (χ4n) is 2.04. The molecule has 2 amide bonds. The number of carbonyl (C=O) groups excluding carboxylic acids is 2. The first kappa shape index (κ1) is 18.1. The Morgan fingerprint density at radius 3 is 2.38 bits per heavy atom. The van der Waals surface area contributed by atoms with Gasteiger partial charge in [-0.3, -0.25) is 9.59 Å². The standard InChI is InChI=1S/C17H17Cl2N3O2/c1-10(17(24)22-16-7-6-12(18)8-15(16)19)20-13-4-3-5-14(9-13)21-11(2)23/h3-10,20H,1-2H3,(H,21,23)(H,22,24)/t10-/m1/s1. The maximum absolute atomic E-state index is 12.3. The Hall–Kier alpha value is -2.24. The zero-order valence-corrected chi connectivity index (χ0v) is 14.7. The topological polar surface area (TPSA) is 70.2 Å². The summed E-state index contributed by atoms with van der Waals surface area (Å²) < 4.78 is 0. The zero-order valence-electron chi connectivity index (χ0n) is 13.2. The summed E-state index contributed by atoms with van der Waals surface area (Å²) in [4.78, 5) is 23.4. The van der Waals surface area contributed by atoms with Crippen molar-refractivity contribution in [2.24, 2.45) is 0 Å². The molecule has 2 rings (SSSR count). The Labute approximate surface area is 150 Å². The molecule has 0 aliphatic rings. The molecule has 0 aliphatic carbocycles. The van der Waals surface area contributed by atoms with Gasteiger partial charge in [-0.25, -0.2) is 0 Å². The Balaban J connectivity index is 2.02. The number of halogens is 2. The smallest absolute Gasteiger partial charge is 0.246 e. The third kappa shape index (κ3) is 5.15. The summed E-state index contributed by atoms with van der Waals surface area (Å²) >= 11 is 11.9. The van der Waals surface area contributed by atoms with Crippen LogP contribution < -0.4 is 16.0 Å². The Morgan fingerprint density at radius 1 is 1.00 bits per heavy atom. The van der Waals surface area contributed by atoms with Crippen LogP contribution >= 0.6 is 23.2 Å². The molecule has 0 heterocycles. The molecule has 0 unspecified atom stereocenters. The highest BCUT2D eigenvalue weighted by atomic mass is 35.5. The quantitative estimate of drug-likeness (QED) is 0.735. The van der Waals surface area contributed by atoms with E-state index in [4.69, 9.17) is 23.2 Å². The van der Waals surface area contributed by atoms with Gasteiger partial charge in [-0.1, -0.05) is 29.3 Å². The van der Waals surface area contributed by atoms with Gasteiger partial charge < -0.3 is 16.0 Å². The van der Waals surface area contributed by atoms with Crippen molar-refractivity contribution in [1.29, 1.82) is 0 Å². The zero-order chi connectivity index (χ0) is 17.7. The van der Waals surface area contributed by atoms with Crippen molar-refractivity contribution in [2.75, 3.05) is 16.0 Å². The summed E-state index contributed by atoms with van der Waals surface area (Å²) in [6.45, 7) is 3.16. The number of amides is 2. The monoisotopic (exact) mass is 365 g/mol. The number of rotatable bonds is 5. The van der Waals surface area contributed by atoms with E-state index in [1.807, 2.05) is 6.07 Å². The van der Waals surface area contributed by atoms with Crippen LogP contribution in [-0.2, 0) is 9.59 Å². The van der Waals surface area contributed by atoms with Crippen LogP contribution in [0.15, 0.2) is 42.5 Å². The summed E-state index contributed by atoms with van der Waals surface area (Å²) in [5.41, 5.74) is 1.86. The molecule has 3 N–H and O–H groups in total. The average molecular weight is 366 g/mol. The van der Waals surface area contributed by atoms with Crippen molar-refractivity contribution < 1.29 is 9.59 Å². The predicted octanol–water partition coefficient (Wildman–Crippen LogP) is 4.39. The number of carbonyl (C=O) groups is 2. The van der Waals surface area contributed by atoms with Gasteiger partial charge in [-0.15, -0.1) is 0 Å². The van der Waals surface area contributed by atoms with E-state index in [9.17, 15) is 9.59 Å². The molecule has 0 spiro atoms. The molecule has 2 aromatic rings. The van der Waals surface area contributed by atoms with E-state index in [-0.39, 0.29) is 11.8 Å². The molecule has 126 valence electrons. The van der Waals surface area contributed by atoms with Gasteiger partial charge in [-0.2, -0.15) is 0 Å². The second-order valence-corrected chi connectivity index (χ2v) is 6.09. The number of nitrogens with one attached hydrogen (secondary N) is 3. The minimum absolute atomic E-state index is 0.157. The Bertz CT molecular complexity index is 765. The van der Waals surface area contributed by atoms with Crippen LogP contribution in [0.1, 0.15) is 13.8 Å². The summed E-state index contributed by atoms with van der Waals surface area (Å²) in [7, 11) is 0. The predicted molar refractivity (Wildman–Crippen MR) is 98.9 cm³/mol. The summed E-state index contributed by atoms with van der Waals surface area (Å²) in [6, 6.07) is 11.5. The van der Waals surface area contributed by atoms with Gasteiger partial charge in [0.2, 0.25) is 11.8 Å². The first-order chi connectivity index (χ1) is 11.3. The fraction of sp³-hybridized carbons (Fsp3) is 0.176. The molecule has 24 heavy (non-hydrogen) atoms. The van der Waals surface area contributed by atoms with E-state index in [1.165, 1.54) is 6.92 Å². The van der Waals surface area contributed by atoms with Gasteiger partial charge in [0.05, 0.1) is 10.7 Å². The van der Waals surface area contributed by atoms with Crippen molar-refractivity contribution >= 4 is 52.1 Å². The lowest BCUT2D eigenvalue weighted by Gasteiger charge is -2.16. The van der Waals surface area contributed by atoms with Crippen molar-refractivity contribution in [3.05, 3.63) is 52.5 Å². The molecule has 0 aliphatic heterocycles. The number of benzene rings is 2. The van der Waals surface area contributed by atoms with E-state index in [2.05, 4.69) is 16.0 Å². The van der Waals surface area contributed by atoms with Gasteiger partial charge >= 0.3 is 0 Å². The molecule has 7 heteroatoms. The van der Waals surface area contributed by atoms with Crippen LogP contribution in [0.25, 0.3) is 0 Å². The molecule has 0 saturated carbocycles. The van der Waals surface area contributed by atoms with Gasteiger partial charge in [0.25, 0.3) is 0 Å². The third-order valence-corrected chi connectivity index (χ3v) is 3.70. The molecule has 0 saturated heterocycles. The highest BCUT2D eigenvalue weighted by molar-refractivity contribution is 6.36. The van der Waals surface area contributed by atoms with Gasteiger partial charge in [-0.05, 0) is 43.3 Å². The lowest BCUT2D eigenvalue weighted by atomic mass is 10.2. The molecular weight excluding hydrogens is 349 g/mol. The summed E-state index contributed by atoms with van der Waals surface area (Å²) in [5.74, 6) is -0.403. The molecule has 0 aromatic heterocycles. The SMILES string of the molecule is CC(=O)Nc1cccc(N[C@H](C)C(=O)Nc2ccc(Cl)cc2Cl)c1. The lowest BCUT2D eigenvalue weighted by molar-refractivity contribution is -0.116. The van der Waals surface area contributed by atoms with Crippen molar-refractivity contribution in [1.82, 2.24) is 0 Å². The first-order valence-electron chi connectivity index (χ1n) is 7.25. The average Bonchev–Trinajstić information content (AvgIpc) is 2.49. The van der Waals surface area contributed by atoms with Crippen LogP contribution in [0.5, 0.6) is 0 Å². The molecular formula is C17H17Cl2N3O2. The molecule has 0 fully saturated rings. The first-order valence-corrected chi connectivity index (χ1v) is 8.01.